The molecule has 0 bridgehead atoms. The highest BCUT2D eigenvalue weighted by molar-refractivity contribution is 7.99. The molecule has 2 aromatic rings. The second-order valence-electron chi connectivity index (χ2n) is 6.10. The number of nitrogens with one attached hydrogen (secondary N) is 2. The molecule has 9 heteroatoms. The minimum atomic E-state index is -2.64. The minimum absolute atomic E-state index is 0.148. The largest absolute Gasteiger partial charge is 0.365 e. The van der Waals surface area contributed by atoms with Crippen molar-refractivity contribution in [3.05, 3.63) is 63.1 Å². The van der Waals surface area contributed by atoms with Gasteiger partial charge in [0.2, 0.25) is 0 Å². The molecule has 1 aliphatic rings. The molecule has 27 heavy (non-hydrogen) atoms. The average Bonchev–Trinajstić information content (AvgIpc) is 2.61. The fourth-order valence-electron chi connectivity index (χ4n) is 3.16. The van der Waals surface area contributed by atoms with E-state index >= 15 is 0 Å². The van der Waals surface area contributed by atoms with Crippen molar-refractivity contribution < 1.29 is 18.4 Å². The lowest BCUT2D eigenvalue weighted by molar-refractivity contribution is 0.0929. The number of aromatic amines is 1. The van der Waals surface area contributed by atoms with E-state index in [1.807, 2.05) is 0 Å². The lowest BCUT2D eigenvalue weighted by Gasteiger charge is -2.26. The Bertz CT molecular complexity index is 946. The van der Waals surface area contributed by atoms with Gasteiger partial charge in [0.1, 0.15) is 5.56 Å². The molecule has 1 atom stereocenters. The van der Waals surface area contributed by atoms with Crippen LogP contribution in [0.1, 0.15) is 50.9 Å². The van der Waals surface area contributed by atoms with Crippen molar-refractivity contribution in [2.24, 2.45) is 5.73 Å². The molecule has 0 spiro atoms. The first-order valence-corrected chi connectivity index (χ1v) is 9.15. The van der Waals surface area contributed by atoms with Crippen LogP contribution >= 0.6 is 11.8 Å². The smallest absolute Gasteiger partial charge is 0.288 e. The number of aryl methyl sites for hydroxylation is 1. The van der Waals surface area contributed by atoms with Crippen molar-refractivity contribution in [2.75, 3.05) is 0 Å². The van der Waals surface area contributed by atoms with Gasteiger partial charge in [-0.3, -0.25) is 14.4 Å². The van der Waals surface area contributed by atoms with E-state index in [4.69, 9.17) is 5.73 Å². The number of hydrogen-bond donors (Lipinski definition) is 3. The molecule has 0 fully saturated rings. The highest BCUT2D eigenvalue weighted by Crippen LogP contribution is 2.31. The van der Waals surface area contributed by atoms with E-state index in [0.29, 0.717) is 35.9 Å². The molecule has 1 aliphatic carbocycles. The fraction of sp³-hybridized carbons (Fsp3) is 0.278. The number of halogens is 2. The summed E-state index contributed by atoms with van der Waals surface area (Å²) in [6.45, 7) is 0. The molecule has 1 heterocycles. The number of carbonyl (C=O) groups is 2. The Balaban J connectivity index is 1.90. The van der Waals surface area contributed by atoms with Gasteiger partial charge in [-0.2, -0.15) is 8.78 Å². The predicted molar refractivity (Wildman–Crippen MR) is 97.0 cm³/mol. The molecule has 1 unspecified atom stereocenters. The van der Waals surface area contributed by atoms with Crippen LogP contribution in [0.25, 0.3) is 0 Å². The van der Waals surface area contributed by atoms with Crippen LogP contribution < -0.4 is 16.6 Å². The lowest BCUT2D eigenvalue weighted by atomic mass is 9.90. The third-order valence-electron chi connectivity index (χ3n) is 4.37. The summed E-state index contributed by atoms with van der Waals surface area (Å²) in [6.07, 6.45) is 1.91. The van der Waals surface area contributed by atoms with E-state index in [2.05, 4.69) is 10.3 Å². The van der Waals surface area contributed by atoms with Gasteiger partial charge in [-0.15, -0.1) is 0 Å². The van der Waals surface area contributed by atoms with Crippen molar-refractivity contribution in [1.29, 1.82) is 0 Å². The average molecular weight is 393 g/mol. The summed E-state index contributed by atoms with van der Waals surface area (Å²) in [6, 6.07) is 7.07. The molecule has 3 rings (SSSR count). The van der Waals surface area contributed by atoms with Crippen LogP contribution in [0, 0.1) is 0 Å². The van der Waals surface area contributed by atoms with Crippen LogP contribution in [0.5, 0.6) is 0 Å². The number of hydrogen-bond acceptors (Lipinski definition) is 4. The van der Waals surface area contributed by atoms with E-state index < -0.39 is 29.2 Å². The third-order valence-corrected chi connectivity index (χ3v) is 5.16. The number of nitrogens with two attached hydrogens (primary N) is 1. The Hall–Kier alpha value is -2.68. The number of thioether (sulfide) groups is 1. The highest BCUT2D eigenvalue weighted by Gasteiger charge is 2.26. The molecular weight excluding hydrogens is 376 g/mol. The zero-order valence-electron chi connectivity index (χ0n) is 14.1. The maximum Gasteiger partial charge on any atom is 0.288 e. The van der Waals surface area contributed by atoms with Gasteiger partial charge in [0, 0.05) is 10.6 Å². The molecule has 142 valence electrons. The normalized spacial score (nSPS) is 16.0. The van der Waals surface area contributed by atoms with E-state index in [9.17, 15) is 23.2 Å². The molecular formula is C18H17F2N3O3S. The number of pyridine rings is 1. The van der Waals surface area contributed by atoms with Gasteiger partial charge in [-0.05, 0) is 43.0 Å². The molecule has 0 saturated heterocycles. The molecule has 1 aromatic heterocycles. The Morgan fingerprint density at radius 3 is 2.70 bits per heavy atom. The second kappa shape index (κ2) is 7.91. The van der Waals surface area contributed by atoms with Gasteiger partial charge >= 0.3 is 0 Å². The SMILES string of the molecule is NC(=O)c1cc2c([nH]c1=O)CCCC2NC(=O)c1ccccc1SC(F)F. The molecule has 2 amide bonds. The van der Waals surface area contributed by atoms with E-state index in [0.717, 1.165) is 6.42 Å². The maximum absolute atomic E-state index is 12.7. The highest BCUT2D eigenvalue weighted by atomic mass is 32.2. The number of rotatable bonds is 5. The van der Waals surface area contributed by atoms with Crippen LogP contribution in [-0.2, 0) is 6.42 Å². The van der Waals surface area contributed by atoms with Gasteiger partial charge in [-0.25, -0.2) is 0 Å². The zero-order valence-corrected chi connectivity index (χ0v) is 14.9. The zero-order chi connectivity index (χ0) is 19.6. The maximum atomic E-state index is 12.7. The summed E-state index contributed by atoms with van der Waals surface area (Å²) < 4.78 is 25.5. The number of amides is 2. The molecule has 0 radical (unpaired) electrons. The first kappa shape index (κ1) is 19.1. The monoisotopic (exact) mass is 393 g/mol. The lowest BCUT2D eigenvalue weighted by Crippen LogP contribution is -2.34. The van der Waals surface area contributed by atoms with Crippen molar-refractivity contribution in [2.45, 2.75) is 36.0 Å². The van der Waals surface area contributed by atoms with E-state index in [-0.39, 0.29) is 16.0 Å². The first-order chi connectivity index (χ1) is 12.9. The fourth-order valence-corrected chi connectivity index (χ4v) is 3.80. The Morgan fingerprint density at radius 1 is 1.26 bits per heavy atom. The Kier molecular flexibility index (Phi) is 5.59. The quantitative estimate of drug-likeness (QED) is 0.679. The van der Waals surface area contributed by atoms with Crippen LogP contribution in [-0.4, -0.2) is 22.6 Å². The van der Waals surface area contributed by atoms with Crippen molar-refractivity contribution in [3.8, 4) is 0 Å². The first-order valence-electron chi connectivity index (χ1n) is 8.27. The third kappa shape index (κ3) is 4.19. The number of benzene rings is 1. The second-order valence-corrected chi connectivity index (χ2v) is 7.14. The van der Waals surface area contributed by atoms with Crippen molar-refractivity contribution >= 4 is 23.6 Å². The van der Waals surface area contributed by atoms with Crippen LogP contribution in [0.3, 0.4) is 0 Å². The van der Waals surface area contributed by atoms with E-state index in [1.165, 1.54) is 18.2 Å². The van der Waals surface area contributed by atoms with Crippen molar-refractivity contribution in [3.63, 3.8) is 0 Å². The van der Waals surface area contributed by atoms with Gasteiger partial charge in [-0.1, -0.05) is 23.9 Å². The van der Waals surface area contributed by atoms with Crippen LogP contribution in [0.4, 0.5) is 8.78 Å². The minimum Gasteiger partial charge on any atom is -0.365 e. The van der Waals surface area contributed by atoms with Crippen LogP contribution in [0.15, 0.2) is 40.0 Å². The number of H-pyrrole nitrogens is 1. The predicted octanol–water partition coefficient (Wildman–Crippen LogP) is 2.60. The standard InChI is InChI=1S/C18H17F2N3O3S/c19-18(20)27-14-7-2-1-4-9(14)16(25)22-12-5-3-6-13-10(12)8-11(15(21)24)17(26)23-13/h1-2,4,7-8,12,18H,3,5-6H2,(H2,21,24)(H,22,25)(H,23,26). The van der Waals surface area contributed by atoms with Gasteiger partial charge in [0.15, 0.2) is 0 Å². The van der Waals surface area contributed by atoms with Crippen molar-refractivity contribution in [1.82, 2.24) is 10.3 Å². The summed E-state index contributed by atoms with van der Waals surface area (Å²) in [5, 5.41) is 2.82. The summed E-state index contributed by atoms with van der Waals surface area (Å²) in [5.41, 5.74) is 5.89. The topological polar surface area (TPSA) is 105 Å². The number of alkyl halides is 2. The Labute approximate surface area is 157 Å². The summed E-state index contributed by atoms with van der Waals surface area (Å²) >= 11 is 0.306. The molecule has 6 nitrogen and oxygen atoms in total. The van der Waals surface area contributed by atoms with Crippen LogP contribution in [0.2, 0.25) is 0 Å². The van der Waals surface area contributed by atoms with E-state index in [1.54, 1.807) is 12.1 Å². The van der Waals surface area contributed by atoms with Gasteiger partial charge in [0.25, 0.3) is 23.1 Å². The number of primary amides is 1. The molecule has 1 aromatic carbocycles. The van der Waals surface area contributed by atoms with Gasteiger partial charge in [0.05, 0.1) is 11.6 Å². The number of fused-ring (bicyclic) bond motifs is 1. The van der Waals surface area contributed by atoms with Gasteiger partial charge < -0.3 is 16.0 Å². The molecule has 0 aliphatic heterocycles. The number of carbonyl (C=O) groups excluding carboxylic acids is 2. The summed E-state index contributed by atoms with van der Waals surface area (Å²) in [4.78, 5) is 38.9. The summed E-state index contributed by atoms with van der Waals surface area (Å²) in [7, 11) is 0. The summed E-state index contributed by atoms with van der Waals surface area (Å²) in [5.74, 6) is -3.99. The molecule has 4 N–H and O–H groups in total. The molecule has 0 saturated carbocycles. The number of aromatic nitrogens is 1. The Morgan fingerprint density at radius 2 is 2.00 bits per heavy atom.